The largest absolute Gasteiger partial charge is 0.454 e. The minimum absolute atomic E-state index is 0.000371. The van der Waals surface area contributed by atoms with Gasteiger partial charge in [-0.3, -0.25) is 24.5 Å². The van der Waals surface area contributed by atoms with Crippen LogP contribution in [0.2, 0.25) is 0 Å². The van der Waals surface area contributed by atoms with Crippen molar-refractivity contribution in [1.29, 1.82) is 0 Å². The Morgan fingerprint density at radius 3 is 2.22 bits per heavy atom. The summed E-state index contributed by atoms with van der Waals surface area (Å²) in [5.74, 6) is -2.25. The number of nitro groups is 1. The van der Waals surface area contributed by atoms with E-state index in [1.54, 1.807) is 24.3 Å². The molecule has 1 N–H and O–H groups in total. The van der Waals surface area contributed by atoms with E-state index in [9.17, 15) is 29.3 Å². The zero-order valence-corrected chi connectivity index (χ0v) is 20.8. The summed E-state index contributed by atoms with van der Waals surface area (Å²) in [5.41, 5.74) is 1.45. The second-order valence-electron chi connectivity index (χ2n) is 8.25. The summed E-state index contributed by atoms with van der Waals surface area (Å²) in [5, 5.41) is 13.6. The van der Waals surface area contributed by atoms with Crippen molar-refractivity contribution in [2.75, 3.05) is 23.4 Å². The molecule has 3 aromatic rings. The van der Waals surface area contributed by atoms with Gasteiger partial charge in [0.25, 0.3) is 5.69 Å². The predicted molar refractivity (Wildman–Crippen MR) is 137 cm³/mol. The highest BCUT2D eigenvalue weighted by molar-refractivity contribution is 9.10. The molecule has 0 aliphatic carbocycles. The fourth-order valence-electron chi connectivity index (χ4n) is 3.75. The van der Waals surface area contributed by atoms with Crippen LogP contribution in [0.1, 0.15) is 27.1 Å². The first-order valence-corrected chi connectivity index (χ1v) is 11.9. The third kappa shape index (κ3) is 6.25. The molecule has 1 saturated heterocycles. The van der Waals surface area contributed by atoms with E-state index in [4.69, 9.17) is 4.74 Å². The molecule has 0 saturated carbocycles. The fourth-order valence-corrected chi connectivity index (χ4v) is 4.02. The monoisotopic (exact) mass is 565 g/mol. The molecule has 188 valence electrons. The van der Waals surface area contributed by atoms with E-state index in [-0.39, 0.29) is 41.8 Å². The molecule has 0 radical (unpaired) electrons. The quantitative estimate of drug-likeness (QED) is 0.185. The molecule has 2 amide bonds. The molecule has 1 aliphatic rings. The molecule has 37 heavy (non-hydrogen) atoms. The molecule has 3 aromatic carbocycles. The summed E-state index contributed by atoms with van der Waals surface area (Å²) < 4.78 is 5.92. The molecule has 4 rings (SSSR count). The Bertz CT molecular complexity index is 1360. The number of benzene rings is 3. The average molecular weight is 566 g/mol. The lowest BCUT2D eigenvalue weighted by molar-refractivity contribution is -0.384. The Morgan fingerprint density at radius 2 is 1.59 bits per heavy atom. The van der Waals surface area contributed by atoms with Crippen LogP contribution in [0.3, 0.4) is 0 Å². The number of esters is 1. The van der Waals surface area contributed by atoms with Gasteiger partial charge in [0.15, 0.2) is 12.4 Å². The maximum absolute atomic E-state index is 12.7. The highest BCUT2D eigenvalue weighted by atomic mass is 79.9. The van der Waals surface area contributed by atoms with E-state index in [0.29, 0.717) is 16.9 Å². The lowest BCUT2D eigenvalue weighted by Crippen LogP contribution is -2.28. The molecule has 1 atom stereocenters. The van der Waals surface area contributed by atoms with Crippen molar-refractivity contribution in [3.8, 4) is 0 Å². The van der Waals surface area contributed by atoms with Crippen molar-refractivity contribution >= 4 is 56.6 Å². The molecular formula is C26H20BrN3O7. The number of rotatable bonds is 8. The Kier molecular flexibility index (Phi) is 7.73. The number of nitro benzene ring substituents is 1. The number of carbonyl (C=O) groups excluding carboxylic acids is 4. The van der Waals surface area contributed by atoms with E-state index < -0.39 is 23.4 Å². The summed E-state index contributed by atoms with van der Waals surface area (Å²) in [6.45, 7) is -0.265. The van der Waals surface area contributed by atoms with Crippen molar-refractivity contribution in [2.24, 2.45) is 5.92 Å². The van der Waals surface area contributed by atoms with E-state index in [0.717, 1.165) is 4.47 Å². The summed E-state index contributed by atoms with van der Waals surface area (Å²) in [4.78, 5) is 61.3. The van der Waals surface area contributed by atoms with Gasteiger partial charge >= 0.3 is 5.97 Å². The molecule has 10 nitrogen and oxygen atoms in total. The van der Waals surface area contributed by atoms with Crippen LogP contribution in [-0.2, 0) is 14.3 Å². The Balaban J connectivity index is 1.30. The number of amides is 2. The number of ether oxygens (including phenoxy) is 1. The van der Waals surface area contributed by atoms with Gasteiger partial charge in [0.2, 0.25) is 11.8 Å². The number of ketones is 1. The molecule has 1 fully saturated rings. The van der Waals surface area contributed by atoms with Gasteiger partial charge in [0.05, 0.1) is 16.4 Å². The number of nitrogens with one attached hydrogen (secondary N) is 1. The van der Waals surface area contributed by atoms with Gasteiger partial charge in [-0.25, -0.2) is 4.79 Å². The molecule has 0 aromatic heterocycles. The van der Waals surface area contributed by atoms with Crippen molar-refractivity contribution in [1.82, 2.24) is 0 Å². The van der Waals surface area contributed by atoms with Crippen molar-refractivity contribution in [3.05, 3.63) is 98.5 Å². The maximum atomic E-state index is 12.7. The van der Waals surface area contributed by atoms with Crippen molar-refractivity contribution in [2.45, 2.75) is 6.42 Å². The molecule has 0 spiro atoms. The smallest absolute Gasteiger partial charge is 0.338 e. The van der Waals surface area contributed by atoms with Crippen LogP contribution in [0.5, 0.6) is 0 Å². The number of halogens is 1. The van der Waals surface area contributed by atoms with Crippen LogP contribution in [-0.4, -0.2) is 41.6 Å². The Hall–Kier alpha value is -4.38. The van der Waals surface area contributed by atoms with Gasteiger partial charge in [-0.15, -0.1) is 0 Å². The number of Topliss-reactive ketones (excluding diaryl/α,β-unsaturated/α-hetero) is 1. The van der Waals surface area contributed by atoms with E-state index >= 15 is 0 Å². The molecule has 1 heterocycles. The summed E-state index contributed by atoms with van der Waals surface area (Å²) in [7, 11) is 0. The molecule has 11 heteroatoms. The normalized spacial score (nSPS) is 14.8. The number of hydrogen-bond donors (Lipinski definition) is 1. The van der Waals surface area contributed by atoms with Crippen molar-refractivity contribution < 1.29 is 28.8 Å². The summed E-state index contributed by atoms with van der Waals surface area (Å²) >= 11 is 3.29. The van der Waals surface area contributed by atoms with Gasteiger partial charge in [0.1, 0.15) is 0 Å². The summed E-state index contributed by atoms with van der Waals surface area (Å²) in [6.07, 6.45) is -0.000371. The zero-order valence-electron chi connectivity index (χ0n) is 19.3. The van der Waals surface area contributed by atoms with Gasteiger partial charge in [-0.1, -0.05) is 28.1 Å². The molecule has 1 aliphatic heterocycles. The summed E-state index contributed by atoms with van der Waals surface area (Å²) in [6, 6.07) is 18.2. The van der Waals surface area contributed by atoms with Crippen LogP contribution in [0.15, 0.2) is 77.3 Å². The lowest BCUT2D eigenvalue weighted by Gasteiger charge is -2.16. The van der Waals surface area contributed by atoms with Crippen LogP contribution in [0, 0.1) is 16.0 Å². The molecule has 0 unspecified atom stereocenters. The molecular weight excluding hydrogens is 546 g/mol. The standard InChI is InChI=1S/C26H20BrN3O7/c27-19-5-1-16(2-6-19)23(31)15-37-26(34)17-3-7-20(8-4-17)28-25(33)18-13-24(32)29(14-18)21-9-11-22(12-10-21)30(35)36/h1-12,18H,13-15H2,(H,28,33)/t18-/m1/s1. The Labute approximate surface area is 219 Å². The number of nitrogens with zero attached hydrogens (tertiary/aromatic N) is 2. The highest BCUT2D eigenvalue weighted by Crippen LogP contribution is 2.27. The van der Waals surface area contributed by atoms with Crippen LogP contribution < -0.4 is 10.2 Å². The second-order valence-corrected chi connectivity index (χ2v) is 9.17. The SMILES string of the molecule is O=C(COC(=O)c1ccc(NC(=O)[C@@H]2CC(=O)N(c3ccc([N+](=O)[O-])cc3)C2)cc1)c1ccc(Br)cc1. The van der Waals surface area contributed by atoms with Crippen LogP contribution >= 0.6 is 15.9 Å². The average Bonchev–Trinajstić information content (AvgIpc) is 3.29. The minimum atomic E-state index is -0.677. The third-order valence-electron chi connectivity index (χ3n) is 5.76. The Morgan fingerprint density at radius 1 is 0.973 bits per heavy atom. The minimum Gasteiger partial charge on any atom is -0.454 e. The van der Waals surface area contributed by atoms with Gasteiger partial charge in [-0.2, -0.15) is 0 Å². The maximum Gasteiger partial charge on any atom is 0.338 e. The van der Waals surface area contributed by atoms with E-state index in [1.807, 2.05) is 0 Å². The van der Waals surface area contributed by atoms with E-state index in [1.165, 1.54) is 53.4 Å². The van der Waals surface area contributed by atoms with Crippen LogP contribution in [0.25, 0.3) is 0 Å². The van der Waals surface area contributed by atoms with Crippen LogP contribution in [0.4, 0.5) is 17.1 Å². The predicted octanol–water partition coefficient (Wildman–Crippen LogP) is 4.39. The number of carbonyl (C=O) groups is 4. The van der Waals surface area contributed by atoms with Gasteiger partial charge in [-0.05, 0) is 48.5 Å². The molecule has 0 bridgehead atoms. The number of hydrogen-bond acceptors (Lipinski definition) is 7. The number of non-ortho nitro benzene ring substituents is 1. The van der Waals surface area contributed by atoms with Gasteiger partial charge in [0, 0.05) is 46.5 Å². The first-order chi connectivity index (χ1) is 17.7. The third-order valence-corrected chi connectivity index (χ3v) is 6.29. The highest BCUT2D eigenvalue weighted by Gasteiger charge is 2.35. The lowest BCUT2D eigenvalue weighted by atomic mass is 10.1. The second kappa shape index (κ2) is 11.1. The first-order valence-electron chi connectivity index (χ1n) is 11.1. The van der Waals surface area contributed by atoms with Gasteiger partial charge < -0.3 is 15.0 Å². The van der Waals surface area contributed by atoms with Crippen molar-refractivity contribution in [3.63, 3.8) is 0 Å². The topological polar surface area (TPSA) is 136 Å². The first kappa shape index (κ1) is 25.7. The number of anilines is 2. The van der Waals surface area contributed by atoms with E-state index in [2.05, 4.69) is 21.2 Å². The zero-order chi connectivity index (χ0) is 26.5. The fraction of sp³-hybridized carbons (Fsp3) is 0.154.